The van der Waals surface area contributed by atoms with Crippen LogP contribution in [0.3, 0.4) is 0 Å². The first-order chi connectivity index (χ1) is 5.63. The van der Waals surface area contributed by atoms with Gasteiger partial charge in [-0.2, -0.15) is 0 Å². The second-order valence-electron chi connectivity index (χ2n) is 2.91. The summed E-state index contributed by atoms with van der Waals surface area (Å²) in [4.78, 5) is 11.3. The van der Waals surface area contributed by atoms with Gasteiger partial charge in [0, 0.05) is 16.6 Å². The van der Waals surface area contributed by atoms with Crippen molar-refractivity contribution >= 4 is 28.3 Å². The number of rotatable bonds is 2. The molecule has 70 valence electrons. The van der Waals surface area contributed by atoms with Gasteiger partial charge in [0.05, 0.1) is 0 Å². The van der Waals surface area contributed by atoms with E-state index in [0.717, 1.165) is 12.2 Å². The van der Waals surface area contributed by atoms with Crippen LogP contribution in [-0.2, 0) is 15.6 Å². The molecule has 1 aliphatic heterocycles. The van der Waals surface area contributed by atoms with E-state index in [1.807, 2.05) is 6.92 Å². The smallest absolute Gasteiger partial charge is 0.158 e. The van der Waals surface area contributed by atoms with E-state index in [4.69, 9.17) is 0 Å². The molecule has 0 amide bonds. The molecule has 0 spiro atoms. The Hall–Kier alpha value is 0.170. The van der Waals surface area contributed by atoms with Gasteiger partial charge >= 0.3 is 0 Å². The van der Waals surface area contributed by atoms with E-state index < -0.39 is 14.9 Å². The van der Waals surface area contributed by atoms with E-state index in [0.29, 0.717) is 12.2 Å². The Labute approximate surface area is 79.9 Å². The van der Waals surface area contributed by atoms with Gasteiger partial charge in [-0.15, -0.1) is 11.8 Å². The predicted octanol–water partition coefficient (Wildman–Crippen LogP) is 1.57. The summed E-state index contributed by atoms with van der Waals surface area (Å²) in [6.07, 6.45) is 1.67. The third-order valence-corrected chi connectivity index (χ3v) is 6.60. The lowest BCUT2D eigenvalue weighted by atomic mass is 10.2. The minimum atomic E-state index is -0.953. The first kappa shape index (κ1) is 10.3. The Kier molecular flexibility index (Phi) is 3.35. The van der Waals surface area contributed by atoms with Gasteiger partial charge in [0.15, 0.2) is 5.78 Å². The van der Waals surface area contributed by atoms with Crippen LogP contribution in [-0.4, -0.2) is 25.6 Å². The van der Waals surface area contributed by atoms with Crippen LogP contribution < -0.4 is 0 Å². The molecule has 0 aromatic heterocycles. The zero-order valence-corrected chi connectivity index (χ0v) is 9.09. The topological polar surface area (TPSA) is 34.1 Å². The van der Waals surface area contributed by atoms with Crippen molar-refractivity contribution < 1.29 is 9.00 Å². The lowest BCUT2D eigenvalue weighted by Crippen LogP contribution is -2.41. The highest BCUT2D eigenvalue weighted by atomic mass is 32.2. The molecule has 1 heterocycles. The van der Waals surface area contributed by atoms with Gasteiger partial charge in [-0.3, -0.25) is 9.00 Å². The Morgan fingerprint density at radius 3 is 2.67 bits per heavy atom. The highest BCUT2D eigenvalue weighted by Crippen LogP contribution is 2.38. The minimum Gasteiger partial charge on any atom is -0.297 e. The van der Waals surface area contributed by atoms with Crippen molar-refractivity contribution in [1.29, 1.82) is 0 Å². The Balaban J connectivity index is 2.88. The van der Waals surface area contributed by atoms with Gasteiger partial charge in [0.1, 0.15) is 4.08 Å². The number of carbonyl (C=O) groups excluding carboxylic acids is 1. The number of Topliss-reactive ketones (excluding diaryl/α,β-unsaturated/α-hetero) is 1. The summed E-state index contributed by atoms with van der Waals surface area (Å²) in [5.41, 5.74) is 0. The van der Waals surface area contributed by atoms with E-state index in [9.17, 15) is 9.00 Å². The zero-order chi connectivity index (χ0) is 9.19. The lowest BCUT2D eigenvalue weighted by Gasteiger charge is -2.32. The summed E-state index contributed by atoms with van der Waals surface area (Å²) in [7, 11) is -0.953. The Morgan fingerprint density at radius 2 is 2.33 bits per heavy atom. The molecule has 0 radical (unpaired) electrons. The molecule has 0 aromatic rings. The standard InChI is InChI=1S/C8H14O2S2/c1-3-8(7(2)9)11-5-4-6-12(8)10/h3-6H2,1-2H3/t8-,12?/m0/s1. The van der Waals surface area contributed by atoms with Gasteiger partial charge < -0.3 is 0 Å². The van der Waals surface area contributed by atoms with Crippen molar-refractivity contribution in [3.63, 3.8) is 0 Å². The number of hydrogen-bond acceptors (Lipinski definition) is 3. The second kappa shape index (κ2) is 3.92. The fourth-order valence-electron chi connectivity index (χ4n) is 1.43. The summed E-state index contributed by atoms with van der Waals surface area (Å²) in [5, 5.41) is 0. The first-order valence-corrected chi connectivity index (χ1v) is 6.47. The lowest BCUT2D eigenvalue weighted by molar-refractivity contribution is -0.117. The van der Waals surface area contributed by atoms with Crippen molar-refractivity contribution in [2.45, 2.75) is 30.8 Å². The molecule has 0 aliphatic carbocycles. The molecule has 0 saturated carbocycles. The van der Waals surface area contributed by atoms with Gasteiger partial charge in [-0.1, -0.05) is 6.92 Å². The van der Waals surface area contributed by atoms with Crippen LogP contribution in [0.2, 0.25) is 0 Å². The third-order valence-electron chi connectivity index (χ3n) is 2.18. The summed E-state index contributed by atoms with van der Waals surface area (Å²) >= 11 is 1.58. The third kappa shape index (κ3) is 1.59. The van der Waals surface area contributed by atoms with E-state index in [1.54, 1.807) is 18.7 Å². The van der Waals surface area contributed by atoms with E-state index >= 15 is 0 Å². The molecule has 1 rings (SSSR count). The number of thioether (sulfide) groups is 1. The number of hydrogen-bond donors (Lipinski definition) is 0. The highest BCUT2D eigenvalue weighted by Gasteiger charge is 2.42. The highest BCUT2D eigenvalue weighted by molar-refractivity contribution is 8.14. The summed E-state index contributed by atoms with van der Waals surface area (Å²) in [6, 6.07) is 0. The molecule has 0 bridgehead atoms. The van der Waals surface area contributed by atoms with E-state index in [2.05, 4.69) is 0 Å². The van der Waals surface area contributed by atoms with Crippen molar-refractivity contribution in [2.75, 3.05) is 11.5 Å². The summed E-state index contributed by atoms with van der Waals surface area (Å²) in [6.45, 7) is 3.50. The quantitative estimate of drug-likeness (QED) is 0.687. The molecule has 1 saturated heterocycles. The molecule has 2 nitrogen and oxygen atoms in total. The predicted molar refractivity (Wildman–Crippen MR) is 53.8 cm³/mol. The maximum Gasteiger partial charge on any atom is 0.158 e. The Bertz CT molecular complexity index is 215. The van der Waals surface area contributed by atoms with Crippen LogP contribution in [0.4, 0.5) is 0 Å². The maximum atomic E-state index is 11.7. The average Bonchev–Trinajstić information content (AvgIpc) is 2.05. The number of ketones is 1. The van der Waals surface area contributed by atoms with E-state index in [-0.39, 0.29) is 5.78 Å². The minimum absolute atomic E-state index is 0.0769. The first-order valence-electron chi connectivity index (χ1n) is 4.17. The molecule has 2 atom stereocenters. The molecule has 4 heteroatoms. The molecule has 1 aliphatic rings. The van der Waals surface area contributed by atoms with Crippen LogP contribution in [0.5, 0.6) is 0 Å². The van der Waals surface area contributed by atoms with Crippen LogP contribution in [0, 0.1) is 0 Å². The molecule has 1 unspecified atom stereocenters. The van der Waals surface area contributed by atoms with E-state index in [1.165, 1.54) is 0 Å². The average molecular weight is 206 g/mol. The van der Waals surface area contributed by atoms with Crippen molar-refractivity contribution in [1.82, 2.24) is 0 Å². The zero-order valence-electron chi connectivity index (χ0n) is 7.46. The molecular formula is C8H14O2S2. The van der Waals surface area contributed by atoms with Crippen LogP contribution in [0.1, 0.15) is 26.7 Å². The van der Waals surface area contributed by atoms with Gasteiger partial charge in [0.2, 0.25) is 0 Å². The van der Waals surface area contributed by atoms with Crippen molar-refractivity contribution in [2.24, 2.45) is 0 Å². The van der Waals surface area contributed by atoms with Gasteiger partial charge in [0.25, 0.3) is 0 Å². The van der Waals surface area contributed by atoms with Gasteiger partial charge in [-0.05, 0) is 25.5 Å². The molecule has 0 N–H and O–H groups in total. The normalized spacial score (nSPS) is 36.3. The monoisotopic (exact) mass is 206 g/mol. The summed E-state index contributed by atoms with van der Waals surface area (Å²) in [5.74, 6) is 1.74. The van der Waals surface area contributed by atoms with Crippen LogP contribution >= 0.6 is 11.8 Å². The molecule has 12 heavy (non-hydrogen) atoms. The van der Waals surface area contributed by atoms with Crippen LogP contribution in [0.25, 0.3) is 0 Å². The fraction of sp³-hybridized carbons (Fsp3) is 0.875. The largest absolute Gasteiger partial charge is 0.297 e. The molecular weight excluding hydrogens is 192 g/mol. The summed E-state index contributed by atoms with van der Waals surface area (Å²) < 4.78 is 11.1. The van der Waals surface area contributed by atoms with Crippen molar-refractivity contribution in [3.8, 4) is 0 Å². The Morgan fingerprint density at radius 1 is 1.67 bits per heavy atom. The van der Waals surface area contributed by atoms with Gasteiger partial charge in [-0.25, -0.2) is 0 Å². The molecule has 1 fully saturated rings. The SMILES string of the molecule is CC[C@]1(C(C)=O)SCCCS1=O. The van der Waals surface area contributed by atoms with Crippen LogP contribution in [0.15, 0.2) is 0 Å². The van der Waals surface area contributed by atoms with Crippen molar-refractivity contribution in [3.05, 3.63) is 0 Å². The fourth-order valence-corrected chi connectivity index (χ4v) is 5.04. The molecule has 0 aromatic carbocycles. The number of carbonyl (C=O) groups is 1. The second-order valence-corrected chi connectivity index (χ2v) is 6.36. The maximum absolute atomic E-state index is 11.7.